The molecule has 0 aliphatic rings. The number of carbonyl (C=O) groups excluding carboxylic acids is 1. The number of benzene rings is 3. The van der Waals surface area contributed by atoms with E-state index in [1.165, 1.54) is 17.3 Å². The third-order valence-electron chi connectivity index (χ3n) is 5.16. The van der Waals surface area contributed by atoms with Gasteiger partial charge in [-0.2, -0.15) is 5.26 Å². The molecule has 0 aliphatic carbocycles. The molecule has 0 radical (unpaired) electrons. The Hall–Kier alpha value is -3.88. The van der Waals surface area contributed by atoms with E-state index in [2.05, 4.69) is 6.07 Å². The largest absolute Gasteiger partial charge is 0.281 e. The van der Waals surface area contributed by atoms with E-state index < -0.39 is 0 Å². The molecule has 4 nitrogen and oxygen atoms in total. The summed E-state index contributed by atoms with van der Waals surface area (Å²) in [6.07, 6.45) is 0.315. The van der Waals surface area contributed by atoms with E-state index >= 15 is 0 Å². The van der Waals surface area contributed by atoms with Crippen molar-refractivity contribution >= 4 is 29.0 Å². The molecule has 0 aliphatic heterocycles. The van der Waals surface area contributed by atoms with Crippen molar-refractivity contribution in [3.05, 3.63) is 108 Å². The minimum absolute atomic E-state index is 0.00639. The van der Waals surface area contributed by atoms with Crippen molar-refractivity contribution in [1.82, 2.24) is 4.98 Å². The normalized spacial score (nSPS) is 10.4. The Labute approximate surface area is 198 Å². The van der Waals surface area contributed by atoms with Crippen LogP contribution in [0.1, 0.15) is 17.5 Å². The first-order chi connectivity index (χ1) is 16.2. The molecule has 1 amide bonds. The topological polar surface area (TPSA) is 57.0 Å². The number of thioether (sulfide) groups is 1. The minimum atomic E-state index is -0.00639. The van der Waals surface area contributed by atoms with Crippen LogP contribution in [0, 0.1) is 18.3 Å². The maximum atomic E-state index is 13.2. The molecule has 4 rings (SSSR count). The Morgan fingerprint density at radius 3 is 2.06 bits per heavy atom. The van der Waals surface area contributed by atoms with E-state index in [9.17, 15) is 10.1 Å². The maximum absolute atomic E-state index is 13.2. The van der Waals surface area contributed by atoms with Gasteiger partial charge in [0.05, 0.1) is 11.3 Å². The van der Waals surface area contributed by atoms with Gasteiger partial charge in [0.1, 0.15) is 11.1 Å². The van der Waals surface area contributed by atoms with Gasteiger partial charge in [-0.25, -0.2) is 4.98 Å². The monoisotopic (exact) mass is 449 g/mol. The average Bonchev–Trinajstić information content (AvgIpc) is 2.86. The van der Waals surface area contributed by atoms with Gasteiger partial charge in [-0.15, -0.1) is 11.8 Å². The lowest BCUT2D eigenvalue weighted by atomic mass is 10.1. The number of hydrogen-bond acceptors (Lipinski definition) is 4. The summed E-state index contributed by atoms with van der Waals surface area (Å²) in [6, 6.07) is 33.3. The number of carbonyl (C=O) groups is 1. The number of aryl methyl sites for hydroxylation is 1. The van der Waals surface area contributed by atoms with Crippen LogP contribution in [0.15, 0.2) is 102 Å². The summed E-state index contributed by atoms with van der Waals surface area (Å²) in [5.41, 5.74) is 5.18. The fourth-order valence-electron chi connectivity index (χ4n) is 3.46. The second kappa shape index (κ2) is 10.6. The van der Waals surface area contributed by atoms with E-state index in [-0.39, 0.29) is 5.91 Å². The summed E-state index contributed by atoms with van der Waals surface area (Å²) in [6.45, 7) is 2.04. The molecular weight excluding hydrogens is 426 g/mol. The average molecular weight is 450 g/mol. The molecule has 4 aromatic rings. The Kier molecular flexibility index (Phi) is 7.19. The van der Waals surface area contributed by atoms with Gasteiger partial charge in [0.25, 0.3) is 0 Å². The van der Waals surface area contributed by atoms with Crippen LogP contribution < -0.4 is 4.90 Å². The smallest absolute Gasteiger partial charge is 0.232 e. The maximum Gasteiger partial charge on any atom is 0.232 e. The van der Waals surface area contributed by atoms with Gasteiger partial charge in [0.15, 0.2) is 0 Å². The van der Waals surface area contributed by atoms with Crippen LogP contribution in [0.2, 0.25) is 0 Å². The van der Waals surface area contributed by atoms with E-state index in [4.69, 9.17) is 4.98 Å². The first kappa shape index (κ1) is 22.3. The Morgan fingerprint density at radius 1 is 0.879 bits per heavy atom. The van der Waals surface area contributed by atoms with Gasteiger partial charge < -0.3 is 0 Å². The highest BCUT2D eigenvalue weighted by atomic mass is 32.2. The molecule has 0 spiro atoms. The Morgan fingerprint density at radius 2 is 1.48 bits per heavy atom. The quantitative estimate of drug-likeness (QED) is 0.292. The molecule has 162 valence electrons. The van der Waals surface area contributed by atoms with Crippen molar-refractivity contribution in [3.63, 3.8) is 0 Å². The first-order valence-corrected chi connectivity index (χ1v) is 11.7. The second-order valence-electron chi connectivity index (χ2n) is 7.53. The van der Waals surface area contributed by atoms with Crippen molar-refractivity contribution in [1.29, 1.82) is 5.26 Å². The molecule has 0 fully saturated rings. The minimum Gasteiger partial charge on any atom is -0.281 e. The number of para-hydroxylation sites is 2. The standard InChI is InChI=1S/C28H23N3OS/c1-21-12-14-22(15-13-21)26-17-16-23(20-29)28(30-26)33-19-18-27(32)31(24-8-4-2-5-9-24)25-10-6-3-7-11-25/h2-17H,18-19H2,1H3. The lowest BCUT2D eigenvalue weighted by molar-refractivity contribution is -0.117. The highest BCUT2D eigenvalue weighted by molar-refractivity contribution is 7.99. The molecule has 1 heterocycles. The fraction of sp³-hybridized carbons (Fsp3) is 0.107. The van der Waals surface area contributed by atoms with Gasteiger partial charge >= 0.3 is 0 Å². The van der Waals surface area contributed by atoms with Crippen LogP contribution in [0.5, 0.6) is 0 Å². The van der Waals surface area contributed by atoms with Crippen LogP contribution in [0.25, 0.3) is 11.3 Å². The van der Waals surface area contributed by atoms with Crippen molar-refractivity contribution in [3.8, 4) is 17.3 Å². The summed E-state index contributed by atoms with van der Waals surface area (Å²) in [4.78, 5) is 19.7. The zero-order valence-electron chi connectivity index (χ0n) is 18.3. The zero-order valence-corrected chi connectivity index (χ0v) is 19.1. The Balaban J connectivity index is 1.51. The highest BCUT2D eigenvalue weighted by Crippen LogP contribution is 2.29. The predicted molar refractivity (Wildman–Crippen MR) is 134 cm³/mol. The molecule has 1 aromatic heterocycles. The lowest BCUT2D eigenvalue weighted by Crippen LogP contribution is -2.26. The molecule has 5 heteroatoms. The van der Waals surface area contributed by atoms with Gasteiger partial charge in [0, 0.05) is 29.1 Å². The summed E-state index contributed by atoms with van der Waals surface area (Å²) in [7, 11) is 0. The van der Waals surface area contributed by atoms with Crippen LogP contribution in [0.3, 0.4) is 0 Å². The van der Waals surface area contributed by atoms with Crippen molar-refractivity contribution in [2.24, 2.45) is 0 Å². The number of nitrogens with zero attached hydrogens (tertiary/aromatic N) is 3. The summed E-state index contributed by atoms with van der Waals surface area (Å²) < 4.78 is 0. The zero-order chi connectivity index (χ0) is 23.0. The number of rotatable bonds is 7. The van der Waals surface area contributed by atoms with Crippen LogP contribution in [0.4, 0.5) is 11.4 Å². The molecule has 0 saturated heterocycles. The Bertz CT molecular complexity index is 1230. The second-order valence-corrected chi connectivity index (χ2v) is 8.61. The van der Waals surface area contributed by atoms with Crippen molar-refractivity contribution in [2.45, 2.75) is 18.4 Å². The van der Waals surface area contributed by atoms with E-state index in [0.29, 0.717) is 22.8 Å². The molecule has 33 heavy (non-hydrogen) atoms. The van der Waals surface area contributed by atoms with Crippen molar-refractivity contribution < 1.29 is 4.79 Å². The summed E-state index contributed by atoms with van der Waals surface area (Å²) in [5, 5.41) is 10.2. The number of hydrogen-bond donors (Lipinski definition) is 0. The van der Waals surface area contributed by atoms with E-state index in [0.717, 1.165) is 22.6 Å². The number of amides is 1. The molecule has 0 bridgehead atoms. The number of anilines is 2. The molecule has 0 unspecified atom stereocenters. The highest BCUT2D eigenvalue weighted by Gasteiger charge is 2.18. The van der Waals surface area contributed by atoms with Crippen LogP contribution in [-0.2, 0) is 4.79 Å². The molecule has 0 atom stereocenters. The predicted octanol–water partition coefficient (Wildman–Crippen LogP) is 6.78. The van der Waals surface area contributed by atoms with Gasteiger partial charge in [0.2, 0.25) is 5.91 Å². The lowest BCUT2D eigenvalue weighted by Gasteiger charge is -2.23. The molecular formula is C28H23N3OS. The SMILES string of the molecule is Cc1ccc(-c2ccc(C#N)c(SCCC(=O)N(c3ccccc3)c3ccccc3)n2)cc1. The van der Waals surface area contributed by atoms with Gasteiger partial charge in [-0.3, -0.25) is 9.69 Å². The summed E-state index contributed by atoms with van der Waals surface area (Å²) in [5.74, 6) is 0.515. The fourth-order valence-corrected chi connectivity index (χ4v) is 4.36. The molecule has 0 N–H and O–H groups in total. The molecule has 3 aromatic carbocycles. The van der Waals surface area contributed by atoms with Crippen LogP contribution >= 0.6 is 11.8 Å². The van der Waals surface area contributed by atoms with E-state index in [1.807, 2.05) is 97.9 Å². The van der Waals surface area contributed by atoms with Gasteiger partial charge in [-0.05, 0) is 43.3 Å². The van der Waals surface area contributed by atoms with Crippen molar-refractivity contribution in [2.75, 3.05) is 10.7 Å². The molecule has 0 saturated carbocycles. The van der Waals surface area contributed by atoms with E-state index in [1.54, 1.807) is 11.0 Å². The number of pyridine rings is 1. The number of nitriles is 1. The summed E-state index contributed by atoms with van der Waals surface area (Å²) >= 11 is 1.44. The third-order valence-corrected chi connectivity index (χ3v) is 6.15. The van der Waals surface area contributed by atoms with Gasteiger partial charge in [-0.1, -0.05) is 66.2 Å². The third kappa shape index (κ3) is 5.49. The van der Waals surface area contributed by atoms with Crippen LogP contribution in [-0.4, -0.2) is 16.6 Å². The number of aromatic nitrogens is 1. The first-order valence-electron chi connectivity index (χ1n) is 10.7.